The Morgan fingerprint density at radius 2 is 2.10 bits per heavy atom. The van der Waals surface area contributed by atoms with Gasteiger partial charge in [-0.1, -0.05) is 0 Å². The topological polar surface area (TPSA) is 89.7 Å². The van der Waals surface area contributed by atoms with E-state index < -0.39 is 20.6 Å². The van der Waals surface area contributed by atoms with Gasteiger partial charge in [0, 0.05) is 44.1 Å². The van der Waals surface area contributed by atoms with E-state index in [4.69, 9.17) is 10.5 Å². The molecule has 1 unspecified atom stereocenters. The van der Waals surface area contributed by atoms with Gasteiger partial charge in [0.2, 0.25) is 5.91 Å². The number of nitrogens with zero attached hydrogens (tertiary/aromatic N) is 1. The molecule has 0 aromatic rings. The lowest BCUT2D eigenvalue weighted by Gasteiger charge is -2.42. The Bertz CT molecular complexity index is 460. The molecule has 20 heavy (non-hydrogen) atoms. The van der Waals surface area contributed by atoms with E-state index in [9.17, 15) is 13.2 Å². The molecule has 2 fully saturated rings. The van der Waals surface area contributed by atoms with Crippen molar-refractivity contribution in [1.82, 2.24) is 4.90 Å². The predicted octanol–water partition coefficient (Wildman–Crippen LogP) is -0.312. The summed E-state index contributed by atoms with van der Waals surface area (Å²) >= 11 is 1.58. The lowest BCUT2D eigenvalue weighted by Crippen LogP contribution is -2.58. The zero-order chi connectivity index (χ0) is 14.8. The highest BCUT2D eigenvalue weighted by molar-refractivity contribution is 8.00. The number of sulfone groups is 1. The lowest BCUT2D eigenvalue weighted by atomic mass is 9.79. The SMILES string of the molecule is CS(=O)(=O)C1CSCCN1C(=O)C1(CN)CCOCC1. The van der Waals surface area contributed by atoms with Crippen LogP contribution in [0.2, 0.25) is 0 Å². The summed E-state index contributed by atoms with van der Waals surface area (Å²) in [6.07, 6.45) is 2.34. The van der Waals surface area contributed by atoms with Crippen LogP contribution in [-0.2, 0) is 19.4 Å². The molecule has 0 saturated carbocycles. The smallest absolute Gasteiger partial charge is 0.231 e. The van der Waals surface area contributed by atoms with Crippen LogP contribution in [0.3, 0.4) is 0 Å². The number of carbonyl (C=O) groups is 1. The summed E-state index contributed by atoms with van der Waals surface area (Å²) in [5.41, 5.74) is 5.19. The fraction of sp³-hybridized carbons (Fsp3) is 0.917. The molecular formula is C12H22N2O4S2. The van der Waals surface area contributed by atoms with Gasteiger partial charge in [-0.3, -0.25) is 4.79 Å². The first kappa shape index (κ1) is 16.1. The highest BCUT2D eigenvalue weighted by atomic mass is 32.2. The van der Waals surface area contributed by atoms with Crippen molar-refractivity contribution in [2.75, 3.05) is 44.1 Å². The van der Waals surface area contributed by atoms with Crippen molar-refractivity contribution < 1.29 is 17.9 Å². The van der Waals surface area contributed by atoms with Crippen LogP contribution in [0.4, 0.5) is 0 Å². The van der Waals surface area contributed by atoms with Gasteiger partial charge in [0.05, 0.1) is 5.41 Å². The first-order valence-corrected chi connectivity index (χ1v) is 9.87. The van der Waals surface area contributed by atoms with Crippen LogP contribution in [0.15, 0.2) is 0 Å². The fourth-order valence-electron chi connectivity index (χ4n) is 2.74. The average Bonchev–Trinajstić information content (AvgIpc) is 2.46. The summed E-state index contributed by atoms with van der Waals surface area (Å²) in [7, 11) is -3.28. The van der Waals surface area contributed by atoms with Crippen molar-refractivity contribution >= 4 is 27.5 Å². The number of ether oxygens (including phenoxy) is 1. The third-order valence-electron chi connectivity index (χ3n) is 4.13. The second-order valence-electron chi connectivity index (χ2n) is 5.45. The van der Waals surface area contributed by atoms with Crippen LogP contribution in [0.5, 0.6) is 0 Å². The van der Waals surface area contributed by atoms with E-state index in [2.05, 4.69) is 0 Å². The fourth-order valence-corrected chi connectivity index (χ4v) is 5.56. The van der Waals surface area contributed by atoms with Crippen molar-refractivity contribution in [3.63, 3.8) is 0 Å². The molecule has 6 nitrogen and oxygen atoms in total. The van der Waals surface area contributed by atoms with Gasteiger partial charge in [-0.15, -0.1) is 0 Å². The van der Waals surface area contributed by atoms with E-state index in [1.165, 1.54) is 11.2 Å². The van der Waals surface area contributed by atoms with Crippen molar-refractivity contribution in [2.45, 2.75) is 18.2 Å². The van der Waals surface area contributed by atoms with E-state index in [-0.39, 0.29) is 12.5 Å². The summed E-state index contributed by atoms with van der Waals surface area (Å²) in [4.78, 5) is 14.4. The molecular weight excluding hydrogens is 300 g/mol. The molecule has 2 aliphatic rings. The second-order valence-corrected chi connectivity index (χ2v) is 8.81. The molecule has 0 aliphatic carbocycles. The average molecular weight is 322 g/mol. The number of hydrogen-bond acceptors (Lipinski definition) is 6. The monoisotopic (exact) mass is 322 g/mol. The third-order valence-corrected chi connectivity index (χ3v) is 6.78. The van der Waals surface area contributed by atoms with E-state index in [0.717, 1.165) is 5.75 Å². The number of amides is 1. The van der Waals surface area contributed by atoms with Crippen molar-refractivity contribution in [3.8, 4) is 0 Å². The van der Waals surface area contributed by atoms with Gasteiger partial charge in [0.15, 0.2) is 9.84 Å². The quantitative estimate of drug-likeness (QED) is 0.766. The predicted molar refractivity (Wildman–Crippen MR) is 79.2 cm³/mol. The largest absolute Gasteiger partial charge is 0.381 e. The minimum absolute atomic E-state index is 0.112. The summed E-state index contributed by atoms with van der Waals surface area (Å²) < 4.78 is 29.1. The summed E-state index contributed by atoms with van der Waals surface area (Å²) in [5, 5.41) is -0.722. The van der Waals surface area contributed by atoms with Crippen LogP contribution in [0, 0.1) is 5.41 Å². The zero-order valence-corrected chi connectivity index (χ0v) is 13.3. The summed E-state index contributed by atoms with van der Waals surface area (Å²) in [5.74, 6) is 1.11. The molecule has 2 N–H and O–H groups in total. The normalized spacial score (nSPS) is 27.3. The van der Waals surface area contributed by atoms with Crippen molar-refractivity contribution in [3.05, 3.63) is 0 Å². The van der Waals surface area contributed by atoms with Crippen LogP contribution in [0.25, 0.3) is 0 Å². The van der Waals surface area contributed by atoms with Gasteiger partial charge in [-0.2, -0.15) is 11.8 Å². The molecule has 1 amide bonds. The van der Waals surface area contributed by atoms with E-state index in [1.54, 1.807) is 11.8 Å². The number of rotatable bonds is 3. The molecule has 0 aromatic carbocycles. The maximum atomic E-state index is 12.9. The first-order valence-electron chi connectivity index (χ1n) is 6.76. The van der Waals surface area contributed by atoms with E-state index >= 15 is 0 Å². The number of nitrogens with two attached hydrogens (primary N) is 1. The molecule has 2 saturated heterocycles. The van der Waals surface area contributed by atoms with E-state index in [0.29, 0.717) is 38.4 Å². The Hall–Kier alpha value is -0.310. The lowest BCUT2D eigenvalue weighted by molar-refractivity contribution is -0.147. The van der Waals surface area contributed by atoms with Gasteiger partial charge >= 0.3 is 0 Å². The Balaban J connectivity index is 2.24. The minimum Gasteiger partial charge on any atom is -0.381 e. The Morgan fingerprint density at radius 3 is 2.65 bits per heavy atom. The van der Waals surface area contributed by atoms with Gasteiger partial charge < -0.3 is 15.4 Å². The van der Waals surface area contributed by atoms with Gasteiger partial charge in [-0.05, 0) is 12.8 Å². The van der Waals surface area contributed by atoms with Gasteiger partial charge in [-0.25, -0.2) is 8.42 Å². The van der Waals surface area contributed by atoms with Crippen LogP contribution < -0.4 is 5.73 Å². The third kappa shape index (κ3) is 3.13. The number of thioether (sulfide) groups is 1. The summed E-state index contributed by atoms with van der Waals surface area (Å²) in [6, 6.07) is 0. The maximum Gasteiger partial charge on any atom is 0.231 e. The Kier molecular flexibility index (Phi) is 4.99. The molecule has 0 radical (unpaired) electrons. The molecule has 0 aromatic heterocycles. The van der Waals surface area contributed by atoms with Crippen molar-refractivity contribution in [2.24, 2.45) is 11.1 Å². The first-order chi connectivity index (χ1) is 9.41. The zero-order valence-electron chi connectivity index (χ0n) is 11.7. The molecule has 2 aliphatic heterocycles. The maximum absolute atomic E-state index is 12.9. The molecule has 0 spiro atoms. The molecule has 0 bridgehead atoms. The highest BCUT2D eigenvalue weighted by Crippen LogP contribution is 2.34. The molecule has 2 heterocycles. The second kappa shape index (κ2) is 6.21. The van der Waals surface area contributed by atoms with Gasteiger partial charge in [0.25, 0.3) is 0 Å². The molecule has 8 heteroatoms. The van der Waals surface area contributed by atoms with Crippen LogP contribution in [0.1, 0.15) is 12.8 Å². The molecule has 2 rings (SSSR count). The number of hydrogen-bond donors (Lipinski definition) is 1. The van der Waals surface area contributed by atoms with E-state index in [1.807, 2.05) is 0 Å². The molecule has 116 valence electrons. The standard InChI is InChI=1S/C12H22N2O4S2/c1-20(16,17)10-8-19-7-4-14(10)11(15)12(9-13)2-5-18-6-3-12/h10H,2-9,13H2,1H3. The van der Waals surface area contributed by atoms with Crippen LogP contribution in [-0.4, -0.2) is 68.7 Å². The Labute approximate surface area is 124 Å². The number of carbonyl (C=O) groups excluding carboxylic acids is 1. The summed E-state index contributed by atoms with van der Waals surface area (Å²) in [6.45, 7) is 1.74. The highest BCUT2D eigenvalue weighted by Gasteiger charge is 2.45. The van der Waals surface area contributed by atoms with Gasteiger partial charge in [0.1, 0.15) is 5.37 Å². The molecule has 1 atom stereocenters. The van der Waals surface area contributed by atoms with Crippen molar-refractivity contribution in [1.29, 1.82) is 0 Å². The minimum atomic E-state index is -3.28. The Morgan fingerprint density at radius 1 is 1.45 bits per heavy atom. The van der Waals surface area contributed by atoms with Crippen LogP contribution >= 0.6 is 11.8 Å².